The maximum absolute atomic E-state index is 10.4. The summed E-state index contributed by atoms with van der Waals surface area (Å²) in [7, 11) is -0.330. The highest BCUT2D eigenvalue weighted by atomic mass is 16.7. The molecule has 188 valence electrons. The van der Waals surface area contributed by atoms with Gasteiger partial charge in [-0.05, 0) is 89.4 Å². The number of benzene rings is 1. The zero-order valence-electron chi connectivity index (χ0n) is 22.0. The van der Waals surface area contributed by atoms with Gasteiger partial charge in [0.1, 0.15) is 5.82 Å². The van der Waals surface area contributed by atoms with E-state index >= 15 is 0 Å². The van der Waals surface area contributed by atoms with Gasteiger partial charge >= 0.3 is 7.12 Å². The third-order valence-corrected chi connectivity index (χ3v) is 8.50. The molecule has 3 aliphatic heterocycles. The van der Waals surface area contributed by atoms with Gasteiger partial charge in [0, 0.05) is 32.4 Å². The fraction of sp³-hybridized carbons (Fsp3) is 0.630. The summed E-state index contributed by atoms with van der Waals surface area (Å²) in [4.78, 5) is 14.1. The molecule has 1 N–H and O–H groups in total. The molecule has 7 nitrogen and oxygen atoms in total. The molecule has 8 heteroatoms. The quantitative estimate of drug-likeness (QED) is 0.676. The van der Waals surface area contributed by atoms with E-state index in [1.54, 1.807) is 0 Å². The maximum Gasteiger partial charge on any atom is 0.494 e. The summed E-state index contributed by atoms with van der Waals surface area (Å²) in [6, 6.07) is 8.59. The Morgan fingerprint density at radius 3 is 2.31 bits per heavy atom. The molecule has 2 fully saturated rings. The lowest BCUT2D eigenvalue weighted by atomic mass is 9.77. The molecule has 0 radical (unpaired) electrons. The summed E-state index contributed by atoms with van der Waals surface area (Å²) >= 11 is 0. The average molecular weight is 478 g/mol. The Bertz CT molecular complexity index is 1060. The van der Waals surface area contributed by atoms with Crippen molar-refractivity contribution in [2.75, 3.05) is 29.4 Å². The number of hydrogen-bond acceptors (Lipinski definition) is 7. The first-order valence-corrected chi connectivity index (χ1v) is 13.0. The lowest BCUT2D eigenvalue weighted by molar-refractivity contribution is 0.00578. The minimum Gasteiger partial charge on any atom is -0.399 e. The van der Waals surface area contributed by atoms with E-state index in [1.165, 1.54) is 11.1 Å². The smallest absolute Gasteiger partial charge is 0.399 e. The van der Waals surface area contributed by atoms with Gasteiger partial charge in [0.2, 0.25) is 5.95 Å². The second kappa shape index (κ2) is 8.75. The van der Waals surface area contributed by atoms with Crippen LogP contribution in [-0.2, 0) is 22.3 Å². The van der Waals surface area contributed by atoms with Crippen LogP contribution < -0.4 is 15.3 Å². The standard InChI is InChI=1S/C27H39BN4O3/c1-25(2,33)21-11-15-31(16-12-21)23-9-13-29-24(30-23)32-14-10-19-17-22(8-7-20(19)18-32)28-34-26(3,4)27(5,6)35-28/h7-9,13,17,21,33H,10-12,14-16,18H2,1-6H3. The van der Waals surface area contributed by atoms with E-state index in [1.807, 2.05) is 26.1 Å². The van der Waals surface area contributed by atoms with Gasteiger partial charge in [-0.2, -0.15) is 4.98 Å². The molecule has 35 heavy (non-hydrogen) atoms. The summed E-state index contributed by atoms with van der Waals surface area (Å²) in [6.45, 7) is 15.7. The molecular formula is C27H39BN4O3. The van der Waals surface area contributed by atoms with Crippen molar-refractivity contribution in [3.8, 4) is 0 Å². The topological polar surface area (TPSA) is 71.0 Å². The number of aromatic nitrogens is 2. The first kappa shape index (κ1) is 24.5. The normalized spacial score (nSPS) is 22.4. The van der Waals surface area contributed by atoms with E-state index in [2.05, 4.69) is 60.7 Å². The summed E-state index contributed by atoms with van der Waals surface area (Å²) in [5.41, 5.74) is 2.44. The highest BCUT2D eigenvalue weighted by Gasteiger charge is 2.51. The third kappa shape index (κ3) is 4.80. The Balaban J connectivity index is 1.27. The van der Waals surface area contributed by atoms with Crippen LogP contribution in [0.1, 0.15) is 65.5 Å². The minimum atomic E-state index is -0.619. The van der Waals surface area contributed by atoms with Crippen LogP contribution in [0.4, 0.5) is 11.8 Å². The summed E-state index contributed by atoms with van der Waals surface area (Å²) in [5, 5.41) is 10.4. The molecule has 0 amide bonds. The fourth-order valence-electron chi connectivity index (χ4n) is 5.35. The van der Waals surface area contributed by atoms with Crippen molar-refractivity contribution in [2.24, 2.45) is 5.92 Å². The van der Waals surface area contributed by atoms with E-state index in [-0.39, 0.29) is 18.3 Å². The Morgan fingerprint density at radius 2 is 1.66 bits per heavy atom. The molecule has 5 rings (SSSR count). The minimum absolute atomic E-state index is 0.330. The van der Waals surface area contributed by atoms with Gasteiger partial charge < -0.3 is 24.2 Å². The number of rotatable bonds is 4. The number of hydrogen-bond donors (Lipinski definition) is 1. The van der Waals surface area contributed by atoms with Crippen molar-refractivity contribution < 1.29 is 14.4 Å². The molecule has 0 bridgehead atoms. The van der Waals surface area contributed by atoms with Crippen molar-refractivity contribution in [1.29, 1.82) is 0 Å². The van der Waals surface area contributed by atoms with Crippen LogP contribution in [0.2, 0.25) is 0 Å². The Labute approximate surface area is 210 Å². The summed E-state index contributed by atoms with van der Waals surface area (Å²) < 4.78 is 12.5. The molecule has 2 saturated heterocycles. The molecule has 4 heterocycles. The third-order valence-electron chi connectivity index (χ3n) is 8.50. The molecular weight excluding hydrogens is 439 g/mol. The summed E-state index contributed by atoms with van der Waals surface area (Å²) in [6.07, 6.45) is 4.76. The van der Waals surface area contributed by atoms with Crippen LogP contribution in [0.15, 0.2) is 30.5 Å². The first-order chi connectivity index (χ1) is 16.4. The van der Waals surface area contributed by atoms with Crippen molar-refractivity contribution in [1.82, 2.24) is 9.97 Å². The largest absolute Gasteiger partial charge is 0.494 e. The molecule has 0 saturated carbocycles. The molecule has 0 aliphatic carbocycles. The van der Waals surface area contributed by atoms with Crippen LogP contribution >= 0.6 is 0 Å². The number of fused-ring (bicyclic) bond motifs is 1. The zero-order valence-corrected chi connectivity index (χ0v) is 22.0. The van der Waals surface area contributed by atoms with Crippen molar-refractivity contribution >= 4 is 24.3 Å². The fourth-order valence-corrected chi connectivity index (χ4v) is 5.35. The van der Waals surface area contributed by atoms with Gasteiger partial charge in [-0.3, -0.25) is 0 Å². The predicted octanol–water partition coefficient (Wildman–Crippen LogP) is 3.33. The monoisotopic (exact) mass is 478 g/mol. The van der Waals surface area contributed by atoms with E-state index in [4.69, 9.17) is 14.3 Å². The molecule has 2 aromatic rings. The number of anilines is 2. The second-order valence-corrected chi connectivity index (χ2v) is 11.9. The van der Waals surface area contributed by atoms with Gasteiger partial charge in [0.25, 0.3) is 0 Å². The molecule has 3 aliphatic rings. The van der Waals surface area contributed by atoms with E-state index in [9.17, 15) is 5.11 Å². The van der Waals surface area contributed by atoms with Crippen LogP contribution in [-0.4, -0.2) is 58.6 Å². The highest BCUT2D eigenvalue weighted by Crippen LogP contribution is 2.37. The van der Waals surface area contributed by atoms with Crippen LogP contribution in [0.25, 0.3) is 0 Å². The van der Waals surface area contributed by atoms with E-state index in [0.717, 1.165) is 62.7 Å². The predicted molar refractivity (Wildman–Crippen MR) is 140 cm³/mol. The molecule has 0 atom stereocenters. The second-order valence-electron chi connectivity index (χ2n) is 11.9. The number of aliphatic hydroxyl groups is 1. The Hall–Kier alpha value is -2.16. The van der Waals surface area contributed by atoms with Crippen molar-refractivity contribution in [3.05, 3.63) is 41.6 Å². The van der Waals surface area contributed by atoms with Gasteiger partial charge in [0.05, 0.1) is 16.8 Å². The Morgan fingerprint density at radius 1 is 0.971 bits per heavy atom. The van der Waals surface area contributed by atoms with E-state index < -0.39 is 5.60 Å². The van der Waals surface area contributed by atoms with Crippen LogP contribution in [0.3, 0.4) is 0 Å². The number of nitrogens with zero attached hydrogens (tertiary/aromatic N) is 4. The highest BCUT2D eigenvalue weighted by molar-refractivity contribution is 6.62. The first-order valence-electron chi connectivity index (χ1n) is 13.0. The lowest BCUT2D eigenvalue weighted by Crippen LogP contribution is -2.42. The van der Waals surface area contributed by atoms with Gasteiger partial charge in [0.15, 0.2) is 0 Å². The average Bonchev–Trinajstić information content (AvgIpc) is 3.04. The van der Waals surface area contributed by atoms with Crippen molar-refractivity contribution in [3.63, 3.8) is 0 Å². The molecule has 1 aromatic heterocycles. The SMILES string of the molecule is CC(C)(O)C1CCN(c2ccnc(N3CCc4cc(B5OC(C)(C)C(C)(C)O5)ccc4C3)n2)CC1. The molecule has 0 unspecified atom stereocenters. The van der Waals surface area contributed by atoms with Crippen LogP contribution in [0.5, 0.6) is 0 Å². The van der Waals surface area contributed by atoms with Crippen LogP contribution in [0, 0.1) is 5.92 Å². The van der Waals surface area contributed by atoms with E-state index in [0.29, 0.717) is 5.92 Å². The number of piperidine rings is 1. The lowest BCUT2D eigenvalue weighted by Gasteiger charge is -2.38. The maximum atomic E-state index is 10.4. The molecule has 0 spiro atoms. The van der Waals surface area contributed by atoms with Gasteiger partial charge in [-0.1, -0.05) is 18.2 Å². The van der Waals surface area contributed by atoms with Gasteiger partial charge in [-0.25, -0.2) is 4.98 Å². The zero-order chi connectivity index (χ0) is 25.0. The molecule has 1 aromatic carbocycles. The summed E-state index contributed by atoms with van der Waals surface area (Å²) in [5.74, 6) is 2.10. The van der Waals surface area contributed by atoms with Crippen molar-refractivity contribution in [2.45, 2.75) is 84.2 Å². The Kier molecular flexibility index (Phi) is 6.13. The van der Waals surface area contributed by atoms with Gasteiger partial charge in [-0.15, -0.1) is 0 Å².